The second-order valence-corrected chi connectivity index (χ2v) is 5.14. The van der Waals surface area contributed by atoms with Crippen molar-refractivity contribution in [3.8, 4) is 0 Å². The van der Waals surface area contributed by atoms with Crippen LogP contribution < -0.4 is 5.32 Å². The molecule has 2 nitrogen and oxygen atoms in total. The van der Waals surface area contributed by atoms with E-state index in [0.29, 0.717) is 21.6 Å². The van der Waals surface area contributed by atoms with Gasteiger partial charge in [-0.3, -0.25) is 4.79 Å². The molecule has 0 spiro atoms. The average molecular weight is 343 g/mol. The third-order valence-corrected chi connectivity index (χ3v) is 3.86. The van der Waals surface area contributed by atoms with Gasteiger partial charge in [0.2, 0.25) is 0 Å². The van der Waals surface area contributed by atoms with Gasteiger partial charge in [-0.2, -0.15) is 0 Å². The average Bonchev–Trinajstić information content (AvgIpc) is 2.41. The number of hydrogen-bond acceptors (Lipinski definition) is 1. The van der Waals surface area contributed by atoms with Gasteiger partial charge >= 0.3 is 0 Å². The highest BCUT2D eigenvalue weighted by Crippen LogP contribution is 2.25. The summed E-state index contributed by atoms with van der Waals surface area (Å²) in [5, 5.41) is 3.11. The molecule has 2 aromatic rings. The summed E-state index contributed by atoms with van der Waals surface area (Å²) in [6, 6.07) is 11.1. The van der Waals surface area contributed by atoms with Crippen molar-refractivity contribution < 1.29 is 9.18 Å². The summed E-state index contributed by atoms with van der Waals surface area (Å²) in [6.45, 7) is 0.321. The molecule has 98 valence electrons. The first-order chi connectivity index (χ1) is 9.08. The number of benzene rings is 2. The molecule has 0 aliphatic heterocycles. The maximum absolute atomic E-state index is 12.7. The fourth-order valence-corrected chi connectivity index (χ4v) is 2.14. The maximum Gasteiger partial charge on any atom is 0.253 e. The minimum atomic E-state index is -0.301. The second kappa shape index (κ2) is 6.17. The van der Waals surface area contributed by atoms with Crippen LogP contribution in [-0.4, -0.2) is 5.91 Å². The van der Waals surface area contributed by atoms with Crippen LogP contribution in [0.2, 0.25) is 5.02 Å². The molecule has 0 atom stereocenters. The van der Waals surface area contributed by atoms with Crippen molar-refractivity contribution in [3.63, 3.8) is 0 Å². The SMILES string of the molecule is O=C(NCc1ccc(F)cc1)c1cccc(Br)c1Cl. The van der Waals surface area contributed by atoms with Crippen LogP contribution in [0.1, 0.15) is 15.9 Å². The second-order valence-electron chi connectivity index (χ2n) is 3.91. The highest BCUT2D eigenvalue weighted by atomic mass is 79.9. The zero-order valence-electron chi connectivity index (χ0n) is 9.79. The van der Waals surface area contributed by atoms with E-state index in [0.717, 1.165) is 5.56 Å². The Hall–Kier alpha value is -1.39. The van der Waals surface area contributed by atoms with Crippen LogP contribution in [0.3, 0.4) is 0 Å². The summed E-state index contributed by atoms with van der Waals surface area (Å²) in [4.78, 5) is 12.0. The molecule has 1 amide bonds. The molecule has 0 bridgehead atoms. The standard InChI is InChI=1S/C14H10BrClFNO/c15-12-3-1-2-11(13(12)16)14(19)18-8-9-4-6-10(17)7-5-9/h1-7H,8H2,(H,18,19). The first-order valence-electron chi connectivity index (χ1n) is 5.54. The van der Waals surface area contributed by atoms with E-state index >= 15 is 0 Å². The first-order valence-corrected chi connectivity index (χ1v) is 6.71. The van der Waals surface area contributed by atoms with Gasteiger partial charge in [0, 0.05) is 11.0 Å². The van der Waals surface area contributed by atoms with Crippen LogP contribution in [0, 0.1) is 5.82 Å². The van der Waals surface area contributed by atoms with Crippen LogP contribution in [0.15, 0.2) is 46.9 Å². The Morgan fingerprint density at radius 2 is 1.89 bits per heavy atom. The molecule has 0 heterocycles. The molecule has 0 aliphatic carbocycles. The Bertz CT molecular complexity index is 601. The lowest BCUT2D eigenvalue weighted by Crippen LogP contribution is -2.23. The van der Waals surface area contributed by atoms with Gasteiger partial charge in [0.15, 0.2) is 0 Å². The highest BCUT2D eigenvalue weighted by molar-refractivity contribution is 9.10. The largest absolute Gasteiger partial charge is 0.348 e. The van der Waals surface area contributed by atoms with Crippen molar-refractivity contribution in [1.29, 1.82) is 0 Å². The Kier molecular flexibility index (Phi) is 4.56. The van der Waals surface area contributed by atoms with E-state index in [1.165, 1.54) is 12.1 Å². The van der Waals surface area contributed by atoms with Gasteiger partial charge in [-0.05, 0) is 45.8 Å². The fraction of sp³-hybridized carbons (Fsp3) is 0.0714. The number of carbonyl (C=O) groups is 1. The molecule has 2 rings (SSSR count). The monoisotopic (exact) mass is 341 g/mol. The van der Waals surface area contributed by atoms with E-state index < -0.39 is 0 Å². The number of amides is 1. The smallest absolute Gasteiger partial charge is 0.253 e. The number of carbonyl (C=O) groups excluding carboxylic acids is 1. The third-order valence-electron chi connectivity index (χ3n) is 2.56. The molecule has 0 saturated carbocycles. The summed E-state index contributed by atoms with van der Waals surface area (Å²) in [5.41, 5.74) is 1.22. The summed E-state index contributed by atoms with van der Waals surface area (Å²) in [7, 11) is 0. The van der Waals surface area contributed by atoms with E-state index in [1.807, 2.05) is 0 Å². The van der Waals surface area contributed by atoms with Crippen LogP contribution in [-0.2, 0) is 6.54 Å². The lowest BCUT2D eigenvalue weighted by atomic mass is 10.2. The van der Waals surface area contributed by atoms with Crippen molar-refractivity contribution >= 4 is 33.4 Å². The van der Waals surface area contributed by atoms with Crippen molar-refractivity contribution in [2.45, 2.75) is 6.54 Å². The Labute approximate surface area is 123 Å². The number of rotatable bonds is 3. The van der Waals surface area contributed by atoms with Gasteiger partial charge < -0.3 is 5.32 Å². The molecule has 0 aliphatic rings. The Balaban J connectivity index is 2.05. The van der Waals surface area contributed by atoms with Crippen molar-refractivity contribution in [3.05, 3.63) is 68.9 Å². The van der Waals surface area contributed by atoms with Crippen molar-refractivity contribution in [2.75, 3.05) is 0 Å². The van der Waals surface area contributed by atoms with Gasteiger partial charge in [0.05, 0.1) is 10.6 Å². The van der Waals surface area contributed by atoms with E-state index in [-0.39, 0.29) is 11.7 Å². The van der Waals surface area contributed by atoms with Gasteiger partial charge in [-0.15, -0.1) is 0 Å². The molecule has 0 radical (unpaired) electrons. The molecule has 0 fully saturated rings. The van der Waals surface area contributed by atoms with E-state index in [9.17, 15) is 9.18 Å². The molecule has 2 aromatic carbocycles. The normalized spacial score (nSPS) is 10.3. The van der Waals surface area contributed by atoms with Crippen LogP contribution >= 0.6 is 27.5 Å². The predicted molar refractivity (Wildman–Crippen MR) is 76.7 cm³/mol. The minimum absolute atomic E-state index is 0.268. The molecule has 0 unspecified atom stereocenters. The molecule has 1 N–H and O–H groups in total. The summed E-state index contributed by atoms with van der Waals surface area (Å²) >= 11 is 9.30. The lowest BCUT2D eigenvalue weighted by molar-refractivity contribution is 0.0951. The van der Waals surface area contributed by atoms with E-state index in [4.69, 9.17) is 11.6 Å². The molecule has 19 heavy (non-hydrogen) atoms. The number of hydrogen-bond donors (Lipinski definition) is 1. The predicted octanol–water partition coefficient (Wildman–Crippen LogP) is 4.17. The van der Waals surface area contributed by atoms with Crippen molar-refractivity contribution in [1.82, 2.24) is 5.32 Å². The maximum atomic E-state index is 12.7. The minimum Gasteiger partial charge on any atom is -0.348 e. The van der Waals surface area contributed by atoms with Gasteiger partial charge in [0.1, 0.15) is 5.82 Å². The van der Waals surface area contributed by atoms with E-state index in [2.05, 4.69) is 21.2 Å². The number of halogens is 3. The molecular weight excluding hydrogens is 333 g/mol. The fourth-order valence-electron chi connectivity index (χ4n) is 1.56. The highest BCUT2D eigenvalue weighted by Gasteiger charge is 2.11. The van der Waals surface area contributed by atoms with E-state index in [1.54, 1.807) is 30.3 Å². The summed E-state index contributed by atoms with van der Waals surface area (Å²) in [5.74, 6) is -0.569. The molecule has 5 heteroatoms. The topological polar surface area (TPSA) is 29.1 Å². The van der Waals surface area contributed by atoms with Gasteiger partial charge in [0.25, 0.3) is 5.91 Å². The summed E-state index contributed by atoms with van der Waals surface area (Å²) in [6.07, 6.45) is 0. The molecular formula is C14H10BrClFNO. The summed E-state index contributed by atoms with van der Waals surface area (Å²) < 4.78 is 13.4. The lowest BCUT2D eigenvalue weighted by Gasteiger charge is -2.07. The van der Waals surface area contributed by atoms with Crippen LogP contribution in [0.5, 0.6) is 0 Å². The molecule has 0 saturated heterocycles. The third kappa shape index (κ3) is 3.55. The quantitative estimate of drug-likeness (QED) is 0.891. The number of nitrogens with one attached hydrogen (secondary N) is 1. The zero-order valence-corrected chi connectivity index (χ0v) is 12.1. The van der Waals surface area contributed by atoms with Crippen molar-refractivity contribution in [2.24, 2.45) is 0 Å². The van der Waals surface area contributed by atoms with Crippen LogP contribution in [0.4, 0.5) is 4.39 Å². The first kappa shape index (κ1) is 14.0. The van der Waals surface area contributed by atoms with Gasteiger partial charge in [-0.25, -0.2) is 4.39 Å². The van der Waals surface area contributed by atoms with Gasteiger partial charge in [-0.1, -0.05) is 29.8 Å². The zero-order chi connectivity index (χ0) is 13.8. The Morgan fingerprint density at radius 1 is 1.21 bits per heavy atom. The van der Waals surface area contributed by atoms with Crippen LogP contribution in [0.25, 0.3) is 0 Å². The molecule has 0 aromatic heterocycles. The Morgan fingerprint density at radius 3 is 2.58 bits per heavy atom.